The molecular weight excluding hydrogens is 447 g/mol. The third-order valence-corrected chi connectivity index (χ3v) is 6.75. The van der Waals surface area contributed by atoms with Gasteiger partial charge in [0.15, 0.2) is 17.3 Å². The molecule has 0 spiro atoms. The van der Waals surface area contributed by atoms with Crippen LogP contribution in [0, 0.1) is 19.7 Å². The topological polar surface area (TPSA) is 68.0 Å². The summed E-state index contributed by atoms with van der Waals surface area (Å²) in [6.07, 6.45) is 0.460. The van der Waals surface area contributed by atoms with Gasteiger partial charge in [0.25, 0.3) is 5.78 Å². The van der Waals surface area contributed by atoms with Crippen LogP contribution in [0.4, 0.5) is 10.2 Å². The van der Waals surface area contributed by atoms with E-state index in [0.29, 0.717) is 24.8 Å². The van der Waals surface area contributed by atoms with Crippen LogP contribution in [0.3, 0.4) is 0 Å². The van der Waals surface area contributed by atoms with E-state index in [9.17, 15) is 4.39 Å². The first-order chi connectivity index (χ1) is 17.0. The van der Waals surface area contributed by atoms with Crippen LogP contribution >= 0.6 is 0 Å². The first kappa shape index (κ1) is 21.8. The Morgan fingerprint density at radius 2 is 1.74 bits per heavy atom. The van der Waals surface area contributed by atoms with Crippen molar-refractivity contribution in [1.82, 2.24) is 24.5 Å². The van der Waals surface area contributed by atoms with Gasteiger partial charge in [0.2, 0.25) is 6.79 Å². The van der Waals surface area contributed by atoms with Crippen LogP contribution in [0.25, 0.3) is 5.78 Å². The standard InChI is InChI=1S/C26H27FN6O2/c1-17-18(2)28-26-29-24(14-19-4-3-5-21(27)12-19)30-33(26)25(17)32-10-8-31(9-11-32)15-20-6-7-22-23(13-20)35-16-34-22/h3-7,12-13H,8-11,14-16H2,1-2H3. The number of rotatable bonds is 5. The van der Waals surface area contributed by atoms with E-state index in [1.165, 1.54) is 17.7 Å². The second-order valence-electron chi connectivity index (χ2n) is 9.14. The Hall–Kier alpha value is -3.72. The molecule has 8 nitrogen and oxygen atoms in total. The maximum atomic E-state index is 13.6. The van der Waals surface area contributed by atoms with E-state index < -0.39 is 0 Å². The lowest BCUT2D eigenvalue weighted by Crippen LogP contribution is -2.47. The number of hydrogen-bond acceptors (Lipinski definition) is 7. The van der Waals surface area contributed by atoms with Gasteiger partial charge < -0.3 is 14.4 Å². The molecule has 9 heteroatoms. The molecule has 0 saturated carbocycles. The molecule has 0 bridgehead atoms. The summed E-state index contributed by atoms with van der Waals surface area (Å²) in [5.74, 6) is 3.64. The first-order valence-electron chi connectivity index (χ1n) is 11.9. The molecule has 0 aliphatic carbocycles. The molecule has 180 valence electrons. The molecule has 35 heavy (non-hydrogen) atoms. The zero-order chi connectivity index (χ0) is 23.9. The van der Waals surface area contributed by atoms with E-state index in [4.69, 9.17) is 14.6 Å². The van der Waals surface area contributed by atoms with Gasteiger partial charge in [0.1, 0.15) is 11.6 Å². The number of aromatic nitrogens is 4. The molecular formula is C26H27FN6O2. The van der Waals surface area contributed by atoms with Crippen molar-refractivity contribution < 1.29 is 13.9 Å². The quantitative estimate of drug-likeness (QED) is 0.438. The predicted molar refractivity (Wildman–Crippen MR) is 130 cm³/mol. The number of benzene rings is 2. The van der Waals surface area contributed by atoms with E-state index in [1.54, 1.807) is 6.07 Å². The molecule has 2 aliphatic heterocycles. The molecule has 2 aromatic carbocycles. The van der Waals surface area contributed by atoms with E-state index in [2.05, 4.69) is 38.8 Å². The van der Waals surface area contributed by atoms with Gasteiger partial charge >= 0.3 is 0 Å². The molecule has 0 amide bonds. The highest BCUT2D eigenvalue weighted by molar-refractivity contribution is 5.54. The Morgan fingerprint density at radius 3 is 2.57 bits per heavy atom. The van der Waals surface area contributed by atoms with Crippen molar-refractivity contribution in [1.29, 1.82) is 0 Å². The van der Waals surface area contributed by atoms with Crippen molar-refractivity contribution >= 4 is 11.6 Å². The number of fused-ring (bicyclic) bond motifs is 2. The van der Waals surface area contributed by atoms with Gasteiger partial charge in [-0.25, -0.2) is 9.37 Å². The first-order valence-corrected chi connectivity index (χ1v) is 11.9. The zero-order valence-electron chi connectivity index (χ0n) is 19.9. The lowest BCUT2D eigenvalue weighted by molar-refractivity contribution is 0.174. The Kier molecular flexibility index (Phi) is 5.49. The summed E-state index contributed by atoms with van der Waals surface area (Å²) in [5.41, 5.74) is 4.11. The van der Waals surface area contributed by atoms with Gasteiger partial charge in [-0.15, -0.1) is 5.10 Å². The number of halogens is 1. The van der Waals surface area contributed by atoms with Gasteiger partial charge in [0, 0.05) is 50.4 Å². The normalized spacial score (nSPS) is 15.8. The summed E-state index contributed by atoms with van der Waals surface area (Å²) in [5, 5.41) is 4.77. The number of aryl methyl sites for hydroxylation is 1. The number of nitrogens with zero attached hydrogens (tertiary/aromatic N) is 6. The molecule has 2 aliphatic rings. The molecule has 1 saturated heterocycles. The molecule has 0 radical (unpaired) electrons. The molecule has 2 aromatic heterocycles. The highest BCUT2D eigenvalue weighted by Crippen LogP contribution is 2.33. The highest BCUT2D eigenvalue weighted by Gasteiger charge is 2.24. The average Bonchev–Trinajstić information content (AvgIpc) is 3.47. The number of piperazine rings is 1. The van der Waals surface area contributed by atoms with Crippen LogP contribution < -0.4 is 14.4 Å². The third-order valence-electron chi connectivity index (χ3n) is 6.75. The average molecular weight is 475 g/mol. The van der Waals surface area contributed by atoms with Crippen LogP contribution in [0.15, 0.2) is 42.5 Å². The lowest BCUT2D eigenvalue weighted by atomic mass is 10.1. The summed E-state index contributed by atoms with van der Waals surface area (Å²) >= 11 is 0. The fourth-order valence-corrected chi connectivity index (χ4v) is 4.81. The van der Waals surface area contributed by atoms with Crippen molar-refractivity contribution in [3.05, 3.63) is 76.5 Å². The van der Waals surface area contributed by atoms with Gasteiger partial charge in [-0.05, 0) is 49.2 Å². The van der Waals surface area contributed by atoms with Crippen molar-refractivity contribution in [3.8, 4) is 11.5 Å². The van der Waals surface area contributed by atoms with Crippen LogP contribution in [0.1, 0.15) is 28.2 Å². The fourth-order valence-electron chi connectivity index (χ4n) is 4.81. The minimum atomic E-state index is -0.254. The minimum absolute atomic E-state index is 0.254. The summed E-state index contributed by atoms with van der Waals surface area (Å²) in [4.78, 5) is 14.1. The van der Waals surface area contributed by atoms with E-state index in [-0.39, 0.29) is 5.82 Å². The monoisotopic (exact) mass is 474 g/mol. The number of anilines is 1. The van der Waals surface area contributed by atoms with Gasteiger partial charge in [0.05, 0.1) is 0 Å². The smallest absolute Gasteiger partial charge is 0.254 e. The summed E-state index contributed by atoms with van der Waals surface area (Å²) in [6, 6.07) is 12.7. The molecule has 4 aromatic rings. The maximum Gasteiger partial charge on any atom is 0.254 e. The molecule has 4 heterocycles. The summed E-state index contributed by atoms with van der Waals surface area (Å²) < 4.78 is 26.4. The second-order valence-corrected chi connectivity index (χ2v) is 9.14. The fraction of sp³-hybridized carbons (Fsp3) is 0.346. The molecule has 0 N–H and O–H groups in total. The number of ether oxygens (including phenoxy) is 2. The number of hydrogen-bond donors (Lipinski definition) is 0. The molecule has 6 rings (SSSR count). The maximum absolute atomic E-state index is 13.6. The van der Waals surface area contributed by atoms with E-state index >= 15 is 0 Å². The lowest BCUT2D eigenvalue weighted by Gasteiger charge is -2.36. The third kappa shape index (κ3) is 4.27. The van der Waals surface area contributed by atoms with Crippen LogP contribution in [-0.2, 0) is 13.0 Å². The Bertz CT molecular complexity index is 1400. The van der Waals surface area contributed by atoms with Gasteiger partial charge in [-0.3, -0.25) is 4.90 Å². The van der Waals surface area contributed by atoms with Crippen molar-refractivity contribution in [2.75, 3.05) is 37.9 Å². The molecule has 1 fully saturated rings. The van der Waals surface area contributed by atoms with Crippen LogP contribution in [0.5, 0.6) is 11.5 Å². The highest BCUT2D eigenvalue weighted by atomic mass is 19.1. The largest absolute Gasteiger partial charge is 0.454 e. The SMILES string of the molecule is Cc1nc2nc(Cc3cccc(F)c3)nn2c(N2CCN(Cc3ccc4c(c3)OCO4)CC2)c1C. The predicted octanol–water partition coefficient (Wildman–Crippen LogP) is 3.52. The second kappa shape index (κ2) is 8.81. The van der Waals surface area contributed by atoms with E-state index in [1.807, 2.05) is 23.6 Å². The van der Waals surface area contributed by atoms with Gasteiger partial charge in [-0.1, -0.05) is 18.2 Å². The summed E-state index contributed by atoms with van der Waals surface area (Å²) in [6.45, 7) is 8.88. The molecule has 0 unspecified atom stereocenters. The Labute approximate surface area is 202 Å². The van der Waals surface area contributed by atoms with Crippen LogP contribution in [-0.4, -0.2) is 57.5 Å². The Morgan fingerprint density at radius 1 is 0.914 bits per heavy atom. The molecule has 0 atom stereocenters. The van der Waals surface area contributed by atoms with Crippen molar-refractivity contribution in [2.45, 2.75) is 26.8 Å². The summed E-state index contributed by atoms with van der Waals surface area (Å²) in [7, 11) is 0. The van der Waals surface area contributed by atoms with E-state index in [0.717, 1.165) is 66.9 Å². The minimum Gasteiger partial charge on any atom is -0.454 e. The van der Waals surface area contributed by atoms with Crippen molar-refractivity contribution in [2.24, 2.45) is 0 Å². The Balaban J connectivity index is 1.20. The van der Waals surface area contributed by atoms with Gasteiger partial charge in [-0.2, -0.15) is 9.50 Å². The van der Waals surface area contributed by atoms with Crippen molar-refractivity contribution in [3.63, 3.8) is 0 Å². The van der Waals surface area contributed by atoms with Crippen LogP contribution in [0.2, 0.25) is 0 Å². The zero-order valence-corrected chi connectivity index (χ0v) is 19.9.